The second-order valence-corrected chi connectivity index (χ2v) is 7.85. The summed E-state index contributed by atoms with van der Waals surface area (Å²) in [7, 11) is 0. The van der Waals surface area contributed by atoms with Crippen molar-refractivity contribution in [3.8, 4) is 11.1 Å². The van der Waals surface area contributed by atoms with Gasteiger partial charge in [0.25, 0.3) is 5.91 Å². The molecule has 6 nitrogen and oxygen atoms in total. The zero-order chi connectivity index (χ0) is 19.6. The van der Waals surface area contributed by atoms with Gasteiger partial charge < -0.3 is 4.90 Å². The first kappa shape index (κ1) is 17.9. The van der Waals surface area contributed by atoms with Gasteiger partial charge in [0, 0.05) is 61.5 Å². The number of carbonyl (C=O) groups is 1. The van der Waals surface area contributed by atoms with E-state index in [1.807, 2.05) is 41.7 Å². The lowest BCUT2D eigenvalue weighted by Gasteiger charge is -2.32. The van der Waals surface area contributed by atoms with Gasteiger partial charge in [-0.15, -0.1) is 0 Å². The summed E-state index contributed by atoms with van der Waals surface area (Å²) >= 11 is 0. The maximum absolute atomic E-state index is 12.7. The minimum atomic E-state index is 0.0623. The molecule has 0 bridgehead atoms. The Kier molecular flexibility index (Phi) is 4.76. The molecule has 3 aromatic rings. The quantitative estimate of drug-likeness (QED) is 0.682. The number of carbonyl (C=O) groups excluding carboxylic acids is 1. The molecule has 1 aliphatic carbocycles. The molecule has 5 rings (SSSR count). The molecular weight excluding hydrogens is 362 g/mol. The van der Waals surface area contributed by atoms with Crippen LogP contribution in [0.2, 0.25) is 0 Å². The second kappa shape index (κ2) is 7.70. The fraction of sp³-hybridized carbons (Fsp3) is 0.348. The van der Waals surface area contributed by atoms with Gasteiger partial charge in [-0.3, -0.25) is 14.8 Å². The van der Waals surface area contributed by atoms with Crippen LogP contribution in [-0.2, 0) is 0 Å². The number of nitrogens with zero attached hydrogens (tertiary/aromatic N) is 5. The minimum Gasteiger partial charge on any atom is -0.339 e. The molecule has 1 aliphatic heterocycles. The minimum absolute atomic E-state index is 0.0623. The van der Waals surface area contributed by atoms with Gasteiger partial charge in [0.05, 0.1) is 11.3 Å². The molecule has 1 amide bonds. The van der Waals surface area contributed by atoms with Gasteiger partial charge in [-0.1, -0.05) is 0 Å². The number of likely N-dealkylation sites (tertiary alicyclic amines) is 1. The summed E-state index contributed by atoms with van der Waals surface area (Å²) in [5, 5.41) is 0. The van der Waals surface area contributed by atoms with Crippen LogP contribution in [0.3, 0.4) is 0 Å². The first-order valence-corrected chi connectivity index (χ1v) is 10.3. The van der Waals surface area contributed by atoms with Crippen LogP contribution in [0.1, 0.15) is 59.4 Å². The highest BCUT2D eigenvalue weighted by Crippen LogP contribution is 2.40. The lowest BCUT2D eigenvalue weighted by Crippen LogP contribution is -2.38. The highest BCUT2D eigenvalue weighted by atomic mass is 16.2. The Balaban J connectivity index is 1.38. The van der Waals surface area contributed by atoms with Crippen molar-refractivity contribution < 1.29 is 4.79 Å². The van der Waals surface area contributed by atoms with Crippen LogP contribution in [0.25, 0.3) is 11.1 Å². The molecule has 0 N–H and O–H groups in total. The van der Waals surface area contributed by atoms with Crippen molar-refractivity contribution in [3.63, 3.8) is 0 Å². The third-order valence-electron chi connectivity index (χ3n) is 5.85. The summed E-state index contributed by atoms with van der Waals surface area (Å²) in [6, 6.07) is 7.66. The number of amides is 1. The SMILES string of the molecule is O=C(c1cccnc1)N1CCC(c2nc(C3CC3)ncc2-c2ccncc2)CC1. The largest absolute Gasteiger partial charge is 0.339 e. The standard InChI is InChI=1S/C23H23N5O/c29-23(19-2-1-9-25-14-19)28-12-7-17(8-13-28)21-20(16-5-10-24-11-6-16)15-26-22(27-21)18-3-4-18/h1-2,5-6,9-11,14-15,17-18H,3-4,7-8,12-13H2. The van der Waals surface area contributed by atoms with Crippen LogP contribution in [-0.4, -0.2) is 43.8 Å². The maximum Gasteiger partial charge on any atom is 0.255 e. The van der Waals surface area contributed by atoms with Gasteiger partial charge in [0.1, 0.15) is 5.82 Å². The Morgan fingerprint density at radius 3 is 2.38 bits per heavy atom. The topological polar surface area (TPSA) is 71.9 Å². The van der Waals surface area contributed by atoms with Crippen LogP contribution in [0.5, 0.6) is 0 Å². The molecule has 0 spiro atoms. The average molecular weight is 385 g/mol. The van der Waals surface area contributed by atoms with Crippen molar-refractivity contribution in [3.05, 3.63) is 72.3 Å². The van der Waals surface area contributed by atoms with Gasteiger partial charge in [0.2, 0.25) is 0 Å². The molecular formula is C23H23N5O. The normalized spacial score (nSPS) is 17.3. The van der Waals surface area contributed by atoms with E-state index in [1.54, 1.807) is 18.5 Å². The van der Waals surface area contributed by atoms with Crippen LogP contribution in [0.15, 0.2) is 55.2 Å². The molecule has 146 valence electrons. The first-order valence-electron chi connectivity index (χ1n) is 10.3. The molecule has 0 unspecified atom stereocenters. The third-order valence-corrected chi connectivity index (χ3v) is 5.85. The van der Waals surface area contributed by atoms with E-state index >= 15 is 0 Å². The van der Waals surface area contributed by atoms with E-state index in [0.29, 0.717) is 17.4 Å². The number of rotatable bonds is 4. The Labute approximate surface area is 170 Å². The number of aromatic nitrogens is 4. The van der Waals surface area contributed by atoms with Crippen LogP contribution in [0, 0.1) is 0 Å². The van der Waals surface area contributed by atoms with Crippen molar-refractivity contribution in [2.75, 3.05) is 13.1 Å². The van der Waals surface area contributed by atoms with E-state index in [0.717, 1.165) is 48.6 Å². The molecule has 1 saturated heterocycles. The molecule has 6 heteroatoms. The summed E-state index contributed by atoms with van der Waals surface area (Å²) in [4.78, 5) is 32.5. The summed E-state index contributed by atoms with van der Waals surface area (Å²) in [5.74, 6) is 1.89. The highest BCUT2D eigenvalue weighted by Gasteiger charge is 2.31. The summed E-state index contributed by atoms with van der Waals surface area (Å²) in [5.41, 5.74) is 3.98. The van der Waals surface area contributed by atoms with Gasteiger partial charge in [-0.25, -0.2) is 9.97 Å². The van der Waals surface area contributed by atoms with Crippen molar-refractivity contribution >= 4 is 5.91 Å². The van der Waals surface area contributed by atoms with Gasteiger partial charge in [-0.05, 0) is 55.5 Å². The third kappa shape index (κ3) is 3.75. The van der Waals surface area contributed by atoms with Crippen LogP contribution >= 0.6 is 0 Å². The zero-order valence-electron chi connectivity index (χ0n) is 16.2. The maximum atomic E-state index is 12.7. The summed E-state index contributed by atoms with van der Waals surface area (Å²) < 4.78 is 0. The molecule has 0 radical (unpaired) electrons. The molecule has 29 heavy (non-hydrogen) atoms. The van der Waals surface area contributed by atoms with Crippen molar-refractivity contribution in [2.24, 2.45) is 0 Å². The Bertz CT molecular complexity index is 996. The molecule has 0 atom stereocenters. The van der Waals surface area contributed by atoms with E-state index in [2.05, 4.69) is 15.0 Å². The van der Waals surface area contributed by atoms with Crippen molar-refractivity contribution in [1.29, 1.82) is 0 Å². The van der Waals surface area contributed by atoms with Crippen LogP contribution < -0.4 is 0 Å². The molecule has 2 fully saturated rings. The summed E-state index contributed by atoms with van der Waals surface area (Å²) in [6.45, 7) is 1.47. The molecule has 4 heterocycles. The Morgan fingerprint density at radius 1 is 0.897 bits per heavy atom. The number of pyridine rings is 2. The molecule has 3 aromatic heterocycles. The second-order valence-electron chi connectivity index (χ2n) is 7.85. The van der Waals surface area contributed by atoms with Gasteiger partial charge in [0.15, 0.2) is 0 Å². The first-order chi connectivity index (χ1) is 14.3. The molecule has 1 saturated carbocycles. The smallest absolute Gasteiger partial charge is 0.255 e. The van der Waals surface area contributed by atoms with E-state index in [4.69, 9.17) is 4.98 Å². The van der Waals surface area contributed by atoms with Crippen molar-refractivity contribution in [2.45, 2.75) is 37.5 Å². The van der Waals surface area contributed by atoms with E-state index in [9.17, 15) is 4.79 Å². The van der Waals surface area contributed by atoms with Gasteiger partial charge in [-0.2, -0.15) is 0 Å². The van der Waals surface area contributed by atoms with Gasteiger partial charge >= 0.3 is 0 Å². The molecule has 0 aromatic carbocycles. The zero-order valence-corrected chi connectivity index (χ0v) is 16.2. The number of piperidine rings is 1. The Hall–Kier alpha value is -3.15. The predicted molar refractivity (Wildman–Crippen MR) is 109 cm³/mol. The Morgan fingerprint density at radius 2 is 1.69 bits per heavy atom. The lowest BCUT2D eigenvalue weighted by atomic mass is 9.88. The fourth-order valence-corrected chi connectivity index (χ4v) is 4.04. The molecule has 2 aliphatic rings. The highest BCUT2D eigenvalue weighted by molar-refractivity contribution is 5.93. The van der Waals surface area contributed by atoms with Crippen molar-refractivity contribution in [1.82, 2.24) is 24.8 Å². The average Bonchev–Trinajstić information content (AvgIpc) is 3.65. The van der Waals surface area contributed by atoms with Crippen LogP contribution in [0.4, 0.5) is 0 Å². The monoisotopic (exact) mass is 385 g/mol. The van der Waals surface area contributed by atoms with E-state index < -0.39 is 0 Å². The summed E-state index contributed by atoms with van der Waals surface area (Å²) in [6.07, 6.45) is 13.1. The van der Waals surface area contributed by atoms with E-state index in [-0.39, 0.29) is 5.91 Å². The predicted octanol–water partition coefficient (Wildman–Crippen LogP) is 3.83. The number of hydrogen-bond acceptors (Lipinski definition) is 5. The lowest BCUT2D eigenvalue weighted by molar-refractivity contribution is 0.0711. The van der Waals surface area contributed by atoms with E-state index in [1.165, 1.54) is 12.8 Å². The number of hydrogen-bond donors (Lipinski definition) is 0. The fourth-order valence-electron chi connectivity index (χ4n) is 4.04.